The van der Waals surface area contributed by atoms with Gasteiger partial charge in [0.05, 0.1) is 11.3 Å². The van der Waals surface area contributed by atoms with E-state index in [1.54, 1.807) is 32.0 Å². The minimum absolute atomic E-state index is 0.0719. The molecule has 0 unspecified atom stereocenters. The molecule has 0 aliphatic heterocycles. The van der Waals surface area contributed by atoms with Crippen LogP contribution in [0.3, 0.4) is 0 Å². The van der Waals surface area contributed by atoms with Crippen molar-refractivity contribution in [1.82, 2.24) is 10.0 Å². The summed E-state index contributed by atoms with van der Waals surface area (Å²) in [7, 11) is -3.39. The number of hydrogen-bond donors (Lipinski definition) is 3. The van der Waals surface area contributed by atoms with Crippen molar-refractivity contribution in [2.45, 2.75) is 38.7 Å². The highest BCUT2D eigenvalue weighted by Gasteiger charge is 2.15. The Balaban J connectivity index is 2.02. The smallest absolute Gasteiger partial charge is 0.335 e. The Bertz CT molecular complexity index is 863. The average molecular weight is 376 g/mol. The van der Waals surface area contributed by atoms with Gasteiger partial charge in [-0.05, 0) is 42.7 Å². The second-order valence-corrected chi connectivity index (χ2v) is 8.16. The number of nitrogens with one attached hydrogen (secondary N) is 2. The zero-order valence-electron chi connectivity index (χ0n) is 14.9. The normalized spacial score (nSPS) is 11.7. The lowest BCUT2D eigenvalue weighted by atomic mass is 10.1. The van der Waals surface area contributed by atoms with Crippen LogP contribution < -0.4 is 10.0 Å². The van der Waals surface area contributed by atoms with Crippen LogP contribution >= 0.6 is 0 Å². The molecule has 6 nitrogen and oxygen atoms in total. The van der Waals surface area contributed by atoms with Crippen molar-refractivity contribution in [2.24, 2.45) is 0 Å². The molecule has 0 aliphatic rings. The van der Waals surface area contributed by atoms with E-state index >= 15 is 0 Å². The zero-order valence-corrected chi connectivity index (χ0v) is 15.7. The number of carboxylic acid groups (broad SMARTS) is 1. The molecule has 7 heteroatoms. The Morgan fingerprint density at radius 3 is 2.38 bits per heavy atom. The third-order valence-electron chi connectivity index (χ3n) is 3.70. The third-order valence-corrected chi connectivity index (χ3v) is 5.22. The monoisotopic (exact) mass is 376 g/mol. The summed E-state index contributed by atoms with van der Waals surface area (Å²) in [6.07, 6.45) is 0. The number of hydrogen-bond acceptors (Lipinski definition) is 4. The SMILES string of the molecule is CC(C)NS(=O)(=O)Cc1ccccc1CNCc1cccc(C(=O)O)c1. The van der Waals surface area contributed by atoms with E-state index in [2.05, 4.69) is 10.0 Å². The molecule has 0 saturated carbocycles. The topological polar surface area (TPSA) is 95.5 Å². The fraction of sp³-hybridized carbons (Fsp3) is 0.316. The summed E-state index contributed by atoms with van der Waals surface area (Å²) in [6, 6.07) is 14.0. The van der Waals surface area contributed by atoms with Gasteiger partial charge in [-0.15, -0.1) is 0 Å². The van der Waals surface area contributed by atoms with Crippen LogP contribution in [0.4, 0.5) is 0 Å². The Hall–Kier alpha value is -2.22. The summed E-state index contributed by atoms with van der Waals surface area (Å²) < 4.78 is 26.9. The molecule has 0 heterocycles. The predicted molar refractivity (Wildman–Crippen MR) is 101 cm³/mol. The Morgan fingerprint density at radius 1 is 1.04 bits per heavy atom. The molecule has 0 bridgehead atoms. The molecule has 0 fully saturated rings. The molecule has 0 saturated heterocycles. The second-order valence-electron chi connectivity index (χ2n) is 6.41. The number of aromatic carboxylic acids is 1. The van der Waals surface area contributed by atoms with Crippen LogP contribution in [0.2, 0.25) is 0 Å². The maximum absolute atomic E-state index is 12.2. The van der Waals surface area contributed by atoms with Crippen LogP contribution in [0.1, 0.15) is 40.9 Å². The molecule has 0 aliphatic carbocycles. The summed E-state index contributed by atoms with van der Waals surface area (Å²) in [5, 5.41) is 12.3. The fourth-order valence-corrected chi connectivity index (χ4v) is 4.12. The third kappa shape index (κ3) is 6.25. The van der Waals surface area contributed by atoms with Crippen molar-refractivity contribution in [2.75, 3.05) is 0 Å². The molecule has 26 heavy (non-hydrogen) atoms. The molecule has 3 N–H and O–H groups in total. The van der Waals surface area contributed by atoms with E-state index in [4.69, 9.17) is 5.11 Å². The van der Waals surface area contributed by atoms with Crippen LogP contribution in [0.25, 0.3) is 0 Å². The van der Waals surface area contributed by atoms with Crippen LogP contribution in [0, 0.1) is 0 Å². The lowest BCUT2D eigenvalue weighted by Crippen LogP contribution is -2.31. The summed E-state index contributed by atoms with van der Waals surface area (Å²) in [6.45, 7) is 4.56. The largest absolute Gasteiger partial charge is 0.478 e. The van der Waals surface area contributed by atoms with Crippen LogP contribution in [-0.2, 0) is 28.9 Å². The first-order valence-electron chi connectivity index (χ1n) is 8.36. The van der Waals surface area contributed by atoms with E-state index in [9.17, 15) is 13.2 Å². The molecule has 0 spiro atoms. The van der Waals surface area contributed by atoms with Gasteiger partial charge in [0.15, 0.2) is 0 Å². The maximum atomic E-state index is 12.2. The van der Waals surface area contributed by atoms with E-state index in [1.807, 2.05) is 30.3 Å². The Labute approximate surface area is 154 Å². The minimum atomic E-state index is -3.39. The van der Waals surface area contributed by atoms with E-state index in [-0.39, 0.29) is 17.4 Å². The molecule has 0 radical (unpaired) electrons. The summed E-state index contributed by atoms with van der Waals surface area (Å²) >= 11 is 0. The number of carbonyl (C=O) groups is 1. The standard InChI is InChI=1S/C19H24N2O4S/c1-14(2)21-26(24,25)13-18-8-4-3-7-17(18)12-20-11-15-6-5-9-16(10-15)19(22)23/h3-10,14,20-21H,11-13H2,1-2H3,(H,22,23). The molecule has 140 valence electrons. The summed E-state index contributed by atoms with van der Waals surface area (Å²) in [5.74, 6) is -1.03. The second kappa shape index (κ2) is 8.93. The van der Waals surface area contributed by atoms with Crippen LogP contribution in [-0.4, -0.2) is 25.5 Å². The van der Waals surface area contributed by atoms with Gasteiger partial charge in [0.2, 0.25) is 10.0 Å². The molecule has 0 amide bonds. The van der Waals surface area contributed by atoms with Crippen molar-refractivity contribution in [1.29, 1.82) is 0 Å². The van der Waals surface area contributed by atoms with Crippen molar-refractivity contribution in [3.8, 4) is 0 Å². The van der Waals surface area contributed by atoms with Gasteiger partial charge >= 0.3 is 5.97 Å². The first kappa shape index (κ1) is 20.1. The van der Waals surface area contributed by atoms with Crippen molar-refractivity contribution < 1.29 is 18.3 Å². The lowest BCUT2D eigenvalue weighted by molar-refractivity contribution is 0.0696. The molecule has 2 rings (SSSR count). The van der Waals surface area contributed by atoms with E-state index in [0.717, 1.165) is 16.7 Å². The van der Waals surface area contributed by atoms with E-state index in [1.165, 1.54) is 0 Å². The van der Waals surface area contributed by atoms with Gasteiger partial charge in [-0.2, -0.15) is 0 Å². The molecular weight excluding hydrogens is 352 g/mol. The van der Waals surface area contributed by atoms with Gasteiger partial charge in [0.25, 0.3) is 0 Å². The number of sulfonamides is 1. The van der Waals surface area contributed by atoms with Gasteiger partial charge in [-0.1, -0.05) is 36.4 Å². The Kier molecular flexibility index (Phi) is 6.90. The van der Waals surface area contributed by atoms with Crippen molar-refractivity contribution in [3.05, 3.63) is 70.8 Å². The first-order valence-corrected chi connectivity index (χ1v) is 10.0. The van der Waals surface area contributed by atoms with E-state index < -0.39 is 16.0 Å². The van der Waals surface area contributed by atoms with Gasteiger partial charge < -0.3 is 10.4 Å². The van der Waals surface area contributed by atoms with E-state index in [0.29, 0.717) is 13.1 Å². The van der Waals surface area contributed by atoms with Gasteiger partial charge in [0.1, 0.15) is 0 Å². The molecule has 0 aromatic heterocycles. The maximum Gasteiger partial charge on any atom is 0.335 e. The van der Waals surface area contributed by atoms with Gasteiger partial charge in [-0.25, -0.2) is 17.9 Å². The zero-order chi connectivity index (χ0) is 19.2. The highest BCUT2D eigenvalue weighted by atomic mass is 32.2. The van der Waals surface area contributed by atoms with Crippen molar-refractivity contribution >= 4 is 16.0 Å². The highest BCUT2D eigenvalue weighted by Crippen LogP contribution is 2.13. The van der Waals surface area contributed by atoms with Crippen LogP contribution in [0.15, 0.2) is 48.5 Å². The predicted octanol–water partition coefficient (Wildman–Crippen LogP) is 2.50. The lowest BCUT2D eigenvalue weighted by Gasteiger charge is -2.13. The Morgan fingerprint density at radius 2 is 1.73 bits per heavy atom. The number of rotatable bonds is 9. The molecule has 0 atom stereocenters. The molecular formula is C19H24N2O4S. The van der Waals surface area contributed by atoms with Gasteiger partial charge in [-0.3, -0.25) is 0 Å². The fourth-order valence-electron chi connectivity index (χ4n) is 2.63. The minimum Gasteiger partial charge on any atom is -0.478 e. The molecule has 2 aromatic carbocycles. The van der Waals surface area contributed by atoms with Crippen LogP contribution in [0.5, 0.6) is 0 Å². The first-order chi connectivity index (χ1) is 12.3. The average Bonchev–Trinajstić information content (AvgIpc) is 2.55. The van der Waals surface area contributed by atoms with Crippen molar-refractivity contribution in [3.63, 3.8) is 0 Å². The number of benzene rings is 2. The van der Waals surface area contributed by atoms with Gasteiger partial charge in [0, 0.05) is 19.1 Å². The quantitative estimate of drug-likeness (QED) is 0.625. The number of carboxylic acids is 1. The summed E-state index contributed by atoms with van der Waals surface area (Å²) in [4.78, 5) is 11.0. The molecule has 2 aromatic rings. The highest BCUT2D eigenvalue weighted by molar-refractivity contribution is 7.88. The summed E-state index contributed by atoms with van der Waals surface area (Å²) in [5.41, 5.74) is 2.75.